The number of H-pyrrole nitrogens is 1. The van der Waals surface area contributed by atoms with Crippen LogP contribution in [0.1, 0.15) is 35.2 Å². The number of methoxy groups -OCH3 is 1. The number of imide groups is 1. The molecule has 56 heavy (non-hydrogen) atoms. The largest absolute Gasteiger partial charge is 0.496 e. The highest BCUT2D eigenvalue weighted by Crippen LogP contribution is 2.33. The van der Waals surface area contributed by atoms with Crippen molar-refractivity contribution >= 4 is 46.0 Å². The summed E-state index contributed by atoms with van der Waals surface area (Å²) in [7, 11) is 1.48. The Morgan fingerprint density at radius 1 is 1.02 bits per heavy atom. The van der Waals surface area contributed by atoms with Crippen molar-refractivity contribution in [1.82, 2.24) is 40.6 Å². The zero-order valence-electron chi connectivity index (χ0n) is 30.8. The van der Waals surface area contributed by atoms with Crippen molar-refractivity contribution < 1.29 is 28.3 Å². The number of nitrogens with zero attached hydrogens (tertiary/aromatic N) is 6. The van der Waals surface area contributed by atoms with E-state index in [-0.39, 0.29) is 35.5 Å². The molecule has 5 heterocycles. The first-order valence-electron chi connectivity index (χ1n) is 18.7. The quantitative estimate of drug-likeness (QED) is 0.108. The molecular formula is C40H41FN10O5. The fourth-order valence-corrected chi connectivity index (χ4v) is 7.49. The molecule has 1 atom stereocenters. The Bertz CT molecular complexity index is 2310. The third-order valence-electron chi connectivity index (χ3n) is 10.5. The number of halogens is 1. The third kappa shape index (κ3) is 7.47. The summed E-state index contributed by atoms with van der Waals surface area (Å²) in [4.78, 5) is 64.7. The minimum absolute atomic E-state index is 0.0221. The van der Waals surface area contributed by atoms with Gasteiger partial charge in [-0.3, -0.25) is 34.5 Å². The Kier molecular flexibility index (Phi) is 10.3. The topological polar surface area (TPSA) is 178 Å². The molecule has 3 aliphatic heterocycles. The van der Waals surface area contributed by atoms with Crippen LogP contribution in [-0.4, -0.2) is 113 Å². The first kappa shape index (κ1) is 36.6. The number of amides is 4. The minimum atomic E-state index is -0.640. The van der Waals surface area contributed by atoms with Crippen molar-refractivity contribution in [3.05, 3.63) is 83.8 Å². The number of rotatable bonds is 12. The van der Waals surface area contributed by atoms with Crippen LogP contribution in [-0.2, 0) is 20.9 Å². The molecule has 0 aliphatic carbocycles. The van der Waals surface area contributed by atoms with E-state index in [1.165, 1.54) is 18.1 Å². The van der Waals surface area contributed by atoms with E-state index < -0.39 is 17.8 Å². The molecule has 15 nitrogen and oxygen atoms in total. The van der Waals surface area contributed by atoms with E-state index in [1.54, 1.807) is 24.4 Å². The number of benzene rings is 3. The molecule has 3 aliphatic rings. The fraction of sp³-hybridized carbons (Fsp3) is 0.325. The molecule has 4 N–H and O–H groups in total. The van der Waals surface area contributed by atoms with Crippen molar-refractivity contribution in [3.8, 4) is 28.4 Å². The molecule has 288 valence electrons. The van der Waals surface area contributed by atoms with Crippen LogP contribution in [0.2, 0.25) is 0 Å². The van der Waals surface area contributed by atoms with Gasteiger partial charge in [0.05, 0.1) is 25.4 Å². The average Bonchev–Trinajstić information content (AvgIpc) is 3.78. The number of anilines is 2. The lowest BCUT2D eigenvalue weighted by Gasteiger charge is -2.35. The summed E-state index contributed by atoms with van der Waals surface area (Å²) in [6.45, 7) is 4.84. The first-order chi connectivity index (χ1) is 27.2. The number of aromatic nitrogens is 4. The lowest BCUT2D eigenvalue weighted by Crippen LogP contribution is -2.52. The second-order valence-corrected chi connectivity index (χ2v) is 14.1. The molecule has 1 unspecified atom stereocenters. The Hall–Kier alpha value is -6.42. The number of piperidine rings is 1. The van der Waals surface area contributed by atoms with Gasteiger partial charge in [-0.15, -0.1) is 0 Å². The molecule has 2 saturated heterocycles. The summed E-state index contributed by atoms with van der Waals surface area (Å²) in [6.07, 6.45) is 2.84. The van der Waals surface area contributed by atoms with Gasteiger partial charge in [0, 0.05) is 74.7 Å². The van der Waals surface area contributed by atoms with Crippen molar-refractivity contribution in [1.29, 1.82) is 0 Å². The van der Waals surface area contributed by atoms with Crippen molar-refractivity contribution in [2.75, 3.05) is 63.1 Å². The van der Waals surface area contributed by atoms with Crippen molar-refractivity contribution in [2.24, 2.45) is 0 Å². The Balaban J connectivity index is 0.774. The molecule has 3 aromatic carbocycles. The van der Waals surface area contributed by atoms with Gasteiger partial charge in [-0.05, 0) is 54.8 Å². The predicted octanol–water partition coefficient (Wildman–Crippen LogP) is 3.34. The van der Waals surface area contributed by atoms with E-state index in [4.69, 9.17) is 4.74 Å². The van der Waals surface area contributed by atoms with E-state index >= 15 is 0 Å². The number of hydrogen-bond donors (Lipinski definition) is 4. The maximum atomic E-state index is 14.8. The average molecular weight is 761 g/mol. The maximum absolute atomic E-state index is 14.8. The second kappa shape index (κ2) is 15.7. The summed E-state index contributed by atoms with van der Waals surface area (Å²) < 4.78 is 20.1. The first-order valence-corrected chi connectivity index (χ1v) is 18.7. The van der Waals surface area contributed by atoms with Gasteiger partial charge < -0.3 is 25.2 Å². The molecular weight excluding hydrogens is 720 g/mol. The van der Waals surface area contributed by atoms with Gasteiger partial charge in [0.1, 0.15) is 34.3 Å². The van der Waals surface area contributed by atoms with Crippen LogP contribution in [0.3, 0.4) is 0 Å². The lowest BCUT2D eigenvalue weighted by molar-refractivity contribution is -0.137. The Labute approximate surface area is 321 Å². The lowest BCUT2D eigenvalue weighted by atomic mass is 10.0. The molecule has 2 aromatic heterocycles. The van der Waals surface area contributed by atoms with Gasteiger partial charge in [-0.1, -0.05) is 24.3 Å². The summed E-state index contributed by atoms with van der Waals surface area (Å²) in [5.41, 5.74) is 6.17. The maximum Gasteiger partial charge on any atom is 0.255 e. The van der Waals surface area contributed by atoms with Gasteiger partial charge in [0.25, 0.3) is 5.91 Å². The number of carbonyl (C=O) groups is 4. The van der Waals surface area contributed by atoms with Gasteiger partial charge in [-0.25, -0.2) is 14.4 Å². The number of nitrogens with one attached hydrogen (secondary N) is 4. The summed E-state index contributed by atoms with van der Waals surface area (Å²) in [5, 5.41) is 16.1. The Morgan fingerprint density at radius 3 is 2.62 bits per heavy atom. The zero-order valence-corrected chi connectivity index (χ0v) is 30.8. The molecule has 0 bridgehead atoms. The van der Waals surface area contributed by atoms with Crippen LogP contribution in [0.25, 0.3) is 33.7 Å². The molecule has 8 rings (SSSR count). The van der Waals surface area contributed by atoms with E-state index in [0.717, 1.165) is 48.7 Å². The van der Waals surface area contributed by atoms with E-state index in [1.807, 2.05) is 36.4 Å². The molecule has 4 amide bonds. The van der Waals surface area contributed by atoms with E-state index in [9.17, 15) is 23.6 Å². The van der Waals surface area contributed by atoms with Crippen molar-refractivity contribution in [3.63, 3.8) is 0 Å². The monoisotopic (exact) mass is 760 g/mol. The minimum Gasteiger partial charge on any atom is -0.496 e. The normalized spacial score (nSPS) is 17.2. The van der Waals surface area contributed by atoms with Crippen LogP contribution >= 0.6 is 0 Å². The SMILES string of the molecule is COc1cccc(F)c1-c1ncc2[nH]nc(-c3ccc(N4CCN(CC(=O)NCCCNc5ccc6c(c5)C(=O)N(C5CCC(=O)NC5=O)C6)CC4)cc3)c2n1. The number of carbonyl (C=O) groups excluding carboxylic acids is 4. The molecule has 16 heteroatoms. The highest BCUT2D eigenvalue weighted by Gasteiger charge is 2.39. The zero-order chi connectivity index (χ0) is 38.8. The van der Waals surface area contributed by atoms with E-state index in [2.05, 4.69) is 45.9 Å². The van der Waals surface area contributed by atoms with Crippen LogP contribution in [0.5, 0.6) is 5.75 Å². The smallest absolute Gasteiger partial charge is 0.255 e. The van der Waals surface area contributed by atoms with Gasteiger partial charge in [0.15, 0.2) is 5.82 Å². The second-order valence-electron chi connectivity index (χ2n) is 14.1. The standard InChI is InChI=1S/C40H41FN10O5/c1-56-32-5-2-4-29(41)35(32)38-44-21-30-37(46-38)36(48-47-30)24-7-10-27(11-8-24)50-18-16-49(17-19-50)23-34(53)43-15-3-14-42-26-9-6-25-22-51(40(55)28(25)20-26)31-12-13-33(52)45-39(31)54/h2,4-11,20-21,31,42H,3,12-19,22-23H2,1H3,(H,43,53)(H,47,48)(H,45,52,54). The molecule has 0 spiro atoms. The molecule has 2 fully saturated rings. The number of aromatic amines is 1. The van der Waals surface area contributed by atoms with Crippen LogP contribution in [0.4, 0.5) is 15.8 Å². The van der Waals surface area contributed by atoms with Gasteiger partial charge in [0.2, 0.25) is 17.7 Å². The fourth-order valence-electron chi connectivity index (χ4n) is 7.49. The summed E-state index contributed by atoms with van der Waals surface area (Å²) in [5.74, 6) is -0.874. The molecule has 5 aromatic rings. The highest BCUT2D eigenvalue weighted by molar-refractivity contribution is 6.05. The van der Waals surface area contributed by atoms with Crippen LogP contribution < -0.4 is 25.6 Å². The molecule has 0 saturated carbocycles. The van der Waals surface area contributed by atoms with Gasteiger partial charge >= 0.3 is 0 Å². The van der Waals surface area contributed by atoms with Gasteiger partial charge in [-0.2, -0.15) is 5.10 Å². The molecule has 0 radical (unpaired) electrons. The van der Waals surface area contributed by atoms with E-state index in [0.29, 0.717) is 67.1 Å². The summed E-state index contributed by atoms with van der Waals surface area (Å²) >= 11 is 0. The summed E-state index contributed by atoms with van der Waals surface area (Å²) in [6, 6.07) is 17.6. The number of ether oxygens (including phenoxy) is 1. The van der Waals surface area contributed by atoms with Crippen LogP contribution in [0.15, 0.2) is 66.9 Å². The number of piperazine rings is 1. The third-order valence-corrected chi connectivity index (χ3v) is 10.5. The number of hydrogen-bond acceptors (Lipinski definition) is 11. The van der Waals surface area contributed by atoms with Crippen molar-refractivity contribution in [2.45, 2.75) is 31.8 Å². The highest BCUT2D eigenvalue weighted by atomic mass is 19.1. The predicted molar refractivity (Wildman–Crippen MR) is 206 cm³/mol. The van der Waals surface area contributed by atoms with Crippen LogP contribution in [0, 0.1) is 5.82 Å². The number of fused-ring (bicyclic) bond motifs is 2. The Morgan fingerprint density at radius 2 is 1.84 bits per heavy atom.